The van der Waals surface area contributed by atoms with Crippen LogP contribution in [0.25, 0.3) is 0 Å². The van der Waals surface area contributed by atoms with Gasteiger partial charge in [0.2, 0.25) is 11.8 Å². The molecule has 0 bridgehead atoms. The van der Waals surface area contributed by atoms with Crippen LogP contribution in [0.4, 0.5) is 0 Å². The van der Waals surface area contributed by atoms with Crippen molar-refractivity contribution in [2.45, 2.75) is 38.3 Å². The number of benzene rings is 2. The fraction of sp³-hybridized carbons (Fsp3) is 0.364. The van der Waals surface area contributed by atoms with E-state index in [-0.39, 0.29) is 23.3 Å². The lowest BCUT2D eigenvalue weighted by Crippen LogP contribution is -2.40. The van der Waals surface area contributed by atoms with Crippen molar-refractivity contribution in [1.29, 1.82) is 0 Å². The first kappa shape index (κ1) is 18.2. The topological polar surface area (TPSA) is 49.4 Å². The molecule has 1 saturated carbocycles. The fourth-order valence-corrected chi connectivity index (χ4v) is 4.00. The Morgan fingerprint density at radius 1 is 1.15 bits per heavy atom. The van der Waals surface area contributed by atoms with Gasteiger partial charge in [-0.3, -0.25) is 9.59 Å². The van der Waals surface area contributed by atoms with Crippen LogP contribution in [0.3, 0.4) is 0 Å². The van der Waals surface area contributed by atoms with Crippen LogP contribution >= 0.6 is 15.9 Å². The molecule has 0 aromatic heterocycles. The van der Waals surface area contributed by atoms with E-state index in [4.69, 9.17) is 0 Å². The van der Waals surface area contributed by atoms with Gasteiger partial charge in [0.15, 0.2) is 0 Å². The summed E-state index contributed by atoms with van der Waals surface area (Å²) in [5.74, 6) is -0.213. The fourth-order valence-electron chi connectivity index (χ4n) is 3.73. The Balaban J connectivity index is 1.39. The van der Waals surface area contributed by atoms with Crippen molar-refractivity contribution < 1.29 is 9.59 Å². The molecule has 0 radical (unpaired) electrons. The van der Waals surface area contributed by atoms with E-state index in [1.807, 2.05) is 31.2 Å². The molecule has 2 amide bonds. The number of amides is 2. The number of carbonyl (C=O) groups excluding carboxylic acids is 2. The van der Waals surface area contributed by atoms with Gasteiger partial charge in [0.1, 0.15) is 0 Å². The van der Waals surface area contributed by atoms with Crippen LogP contribution in [-0.4, -0.2) is 23.3 Å². The van der Waals surface area contributed by atoms with Gasteiger partial charge < -0.3 is 10.2 Å². The zero-order valence-electron chi connectivity index (χ0n) is 15.4. The van der Waals surface area contributed by atoms with Crippen LogP contribution in [0.15, 0.2) is 53.0 Å². The molecule has 4 rings (SSSR count). The Kier molecular flexibility index (Phi) is 4.81. The Hall–Kier alpha value is -2.14. The number of halogens is 1. The molecule has 5 heteroatoms. The molecule has 0 spiro atoms. The molecule has 2 fully saturated rings. The standard InChI is InChI=1S/C22H23BrN2O2/c1-15-2-4-16(5-3-15)13-25-14-17(12-20(25)26)21(27)24-22(10-11-22)18-6-8-19(23)9-7-18/h2-9,17H,10-14H2,1H3,(H,24,27). The van der Waals surface area contributed by atoms with Gasteiger partial charge in [0.05, 0.1) is 11.5 Å². The van der Waals surface area contributed by atoms with Crippen molar-refractivity contribution in [1.82, 2.24) is 10.2 Å². The third-order valence-corrected chi connectivity index (χ3v) is 6.12. The minimum atomic E-state index is -0.268. The second-order valence-electron chi connectivity index (χ2n) is 7.74. The van der Waals surface area contributed by atoms with E-state index in [0.29, 0.717) is 19.5 Å². The van der Waals surface area contributed by atoms with E-state index in [0.717, 1.165) is 28.4 Å². The molecular formula is C22H23BrN2O2. The number of rotatable bonds is 5. The molecule has 2 aliphatic rings. The van der Waals surface area contributed by atoms with Crippen molar-refractivity contribution in [3.63, 3.8) is 0 Å². The first-order valence-electron chi connectivity index (χ1n) is 9.37. The maximum atomic E-state index is 12.8. The van der Waals surface area contributed by atoms with Gasteiger partial charge in [-0.15, -0.1) is 0 Å². The molecule has 1 N–H and O–H groups in total. The lowest BCUT2D eigenvalue weighted by atomic mass is 10.0. The smallest absolute Gasteiger partial charge is 0.226 e. The van der Waals surface area contributed by atoms with Gasteiger partial charge in [0.25, 0.3) is 0 Å². The van der Waals surface area contributed by atoms with E-state index in [1.165, 1.54) is 5.56 Å². The van der Waals surface area contributed by atoms with E-state index < -0.39 is 0 Å². The average Bonchev–Trinajstić information content (AvgIpc) is 3.34. The van der Waals surface area contributed by atoms with Crippen molar-refractivity contribution >= 4 is 27.7 Å². The number of aryl methyl sites for hydroxylation is 1. The number of nitrogens with one attached hydrogen (secondary N) is 1. The van der Waals surface area contributed by atoms with Crippen LogP contribution in [0.5, 0.6) is 0 Å². The summed E-state index contributed by atoms with van der Waals surface area (Å²) in [6, 6.07) is 16.3. The SMILES string of the molecule is Cc1ccc(CN2CC(C(=O)NC3(c4ccc(Br)cc4)CC3)CC2=O)cc1. The first-order chi connectivity index (χ1) is 12.9. The molecule has 1 saturated heterocycles. The van der Waals surface area contributed by atoms with Gasteiger partial charge in [-0.05, 0) is 43.0 Å². The highest BCUT2D eigenvalue weighted by Crippen LogP contribution is 2.46. The molecule has 140 valence electrons. The molecule has 1 aliphatic carbocycles. The molecular weight excluding hydrogens is 404 g/mol. The Morgan fingerprint density at radius 3 is 2.44 bits per heavy atom. The van der Waals surface area contributed by atoms with Gasteiger partial charge in [-0.25, -0.2) is 0 Å². The summed E-state index contributed by atoms with van der Waals surface area (Å²) in [6.07, 6.45) is 2.20. The van der Waals surface area contributed by atoms with Crippen molar-refractivity contribution in [3.8, 4) is 0 Å². The molecule has 2 aromatic carbocycles. The summed E-state index contributed by atoms with van der Waals surface area (Å²) in [7, 11) is 0. The maximum absolute atomic E-state index is 12.8. The quantitative estimate of drug-likeness (QED) is 0.787. The summed E-state index contributed by atoms with van der Waals surface area (Å²) in [4.78, 5) is 27.0. The minimum absolute atomic E-state index is 0.00447. The summed E-state index contributed by atoms with van der Waals surface area (Å²) < 4.78 is 1.03. The van der Waals surface area contributed by atoms with Crippen LogP contribution in [0.2, 0.25) is 0 Å². The molecule has 1 aliphatic heterocycles. The van der Waals surface area contributed by atoms with E-state index >= 15 is 0 Å². The third-order valence-electron chi connectivity index (χ3n) is 5.59. The number of hydrogen-bond donors (Lipinski definition) is 1. The maximum Gasteiger partial charge on any atom is 0.226 e. The molecule has 2 aromatic rings. The monoisotopic (exact) mass is 426 g/mol. The lowest BCUT2D eigenvalue weighted by molar-refractivity contribution is -0.129. The van der Waals surface area contributed by atoms with Crippen LogP contribution in [-0.2, 0) is 21.7 Å². The Labute approximate surface area is 168 Å². The van der Waals surface area contributed by atoms with Crippen LogP contribution < -0.4 is 5.32 Å². The summed E-state index contributed by atoms with van der Waals surface area (Å²) in [5, 5.41) is 3.22. The van der Waals surface area contributed by atoms with Crippen LogP contribution in [0, 0.1) is 12.8 Å². The van der Waals surface area contributed by atoms with Gasteiger partial charge in [0, 0.05) is 24.0 Å². The molecule has 1 heterocycles. The summed E-state index contributed by atoms with van der Waals surface area (Å²) in [6.45, 7) is 3.11. The molecule has 1 unspecified atom stereocenters. The lowest BCUT2D eigenvalue weighted by Gasteiger charge is -2.21. The highest BCUT2D eigenvalue weighted by molar-refractivity contribution is 9.10. The second kappa shape index (κ2) is 7.12. The van der Waals surface area contributed by atoms with Gasteiger partial charge in [-0.1, -0.05) is 57.9 Å². The normalized spacial score (nSPS) is 20.6. The number of hydrogen-bond acceptors (Lipinski definition) is 2. The van der Waals surface area contributed by atoms with Gasteiger partial charge in [-0.2, -0.15) is 0 Å². The van der Waals surface area contributed by atoms with E-state index in [9.17, 15) is 9.59 Å². The largest absolute Gasteiger partial charge is 0.346 e. The first-order valence-corrected chi connectivity index (χ1v) is 10.2. The van der Waals surface area contributed by atoms with E-state index in [1.54, 1.807) is 4.90 Å². The second-order valence-corrected chi connectivity index (χ2v) is 8.65. The van der Waals surface area contributed by atoms with Gasteiger partial charge >= 0.3 is 0 Å². The summed E-state index contributed by atoms with van der Waals surface area (Å²) >= 11 is 3.45. The molecule has 27 heavy (non-hydrogen) atoms. The highest BCUT2D eigenvalue weighted by atomic mass is 79.9. The van der Waals surface area contributed by atoms with E-state index in [2.05, 4.69) is 45.5 Å². The molecule has 4 nitrogen and oxygen atoms in total. The van der Waals surface area contributed by atoms with Crippen molar-refractivity contribution in [3.05, 3.63) is 69.7 Å². The Bertz CT molecular complexity index is 857. The summed E-state index contributed by atoms with van der Waals surface area (Å²) in [5.41, 5.74) is 3.19. The molecule has 1 atom stereocenters. The average molecular weight is 427 g/mol. The number of carbonyl (C=O) groups is 2. The Morgan fingerprint density at radius 2 is 1.81 bits per heavy atom. The zero-order valence-corrected chi connectivity index (χ0v) is 17.0. The van der Waals surface area contributed by atoms with Crippen molar-refractivity contribution in [2.75, 3.05) is 6.54 Å². The predicted octanol–water partition coefficient (Wildman–Crippen LogP) is 3.91. The number of likely N-dealkylation sites (tertiary alicyclic amines) is 1. The predicted molar refractivity (Wildman–Crippen MR) is 108 cm³/mol. The highest BCUT2D eigenvalue weighted by Gasteiger charge is 2.47. The minimum Gasteiger partial charge on any atom is -0.346 e. The van der Waals surface area contributed by atoms with Crippen molar-refractivity contribution in [2.24, 2.45) is 5.92 Å². The third kappa shape index (κ3) is 3.93. The zero-order chi connectivity index (χ0) is 19.0. The number of nitrogens with zero attached hydrogens (tertiary/aromatic N) is 1. The van der Waals surface area contributed by atoms with Crippen LogP contribution in [0.1, 0.15) is 36.0 Å².